The van der Waals surface area contributed by atoms with Crippen molar-refractivity contribution in [3.05, 3.63) is 0 Å². The first-order chi connectivity index (χ1) is 10.1. The highest BCUT2D eigenvalue weighted by atomic mass is 127. The molecule has 0 bridgehead atoms. The minimum atomic E-state index is 0. The number of aliphatic imine (C=N–C) groups is 1. The van der Waals surface area contributed by atoms with Crippen molar-refractivity contribution >= 4 is 35.8 Å². The summed E-state index contributed by atoms with van der Waals surface area (Å²) in [6.45, 7) is 11.0. The molecule has 2 aliphatic rings. The van der Waals surface area contributed by atoms with E-state index in [1.165, 1.54) is 0 Å². The molecule has 128 valence electrons. The van der Waals surface area contributed by atoms with Crippen molar-refractivity contribution in [2.45, 2.75) is 39.7 Å². The lowest BCUT2D eigenvalue weighted by Gasteiger charge is -2.36. The second-order valence-corrected chi connectivity index (χ2v) is 6.32. The van der Waals surface area contributed by atoms with Crippen LogP contribution in [0.1, 0.15) is 33.6 Å². The van der Waals surface area contributed by atoms with Gasteiger partial charge < -0.3 is 20.3 Å². The fourth-order valence-corrected chi connectivity index (χ4v) is 2.65. The van der Waals surface area contributed by atoms with Gasteiger partial charge in [-0.2, -0.15) is 0 Å². The average molecular weight is 424 g/mol. The summed E-state index contributed by atoms with van der Waals surface area (Å²) in [5.74, 6) is 1.08. The smallest absolute Gasteiger partial charge is 0.222 e. The van der Waals surface area contributed by atoms with E-state index in [9.17, 15) is 4.79 Å². The summed E-state index contributed by atoms with van der Waals surface area (Å²) in [6, 6.07) is 0.295. The molecule has 0 aromatic rings. The molecule has 2 heterocycles. The third-order valence-corrected chi connectivity index (χ3v) is 4.05. The molecular formula is C15H29IN4O2. The molecule has 0 radical (unpaired) electrons. The van der Waals surface area contributed by atoms with E-state index in [-0.39, 0.29) is 35.3 Å². The van der Waals surface area contributed by atoms with Crippen LogP contribution >= 0.6 is 24.0 Å². The van der Waals surface area contributed by atoms with Gasteiger partial charge in [-0.05, 0) is 13.3 Å². The summed E-state index contributed by atoms with van der Waals surface area (Å²) in [5.41, 5.74) is 0.183. The molecule has 0 aromatic heterocycles. The summed E-state index contributed by atoms with van der Waals surface area (Å²) in [6.07, 6.45) is 1.57. The highest BCUT2D eigenvalue weighted by Gasteiger charge is 2.33. The lowest BCUT2D eigenvalue weighted by atomic mass is 9.89. The number of carbonyl (C=O) groups excluding carboxylic acids is 1. The van der Waals surface area contributed by atoms with Gasteiger partial charge in [0.15, 0.2) is 5.96 Å². The normalized spacial score (nSPS) is 23.5. The number of rotatable bonds is 5. The van der Waals surface area contributed by atoms with Crippen LogP contribution < -0.4 is 10.6 Å². The van der Waals surface area contributed by atoms with E-state index in [0.717, 1.165) is 51.8 Å². The minimum absolute atomic E-state index is 0. The van der Waals surface area contributed by atoms with Crippen molar-refractivity contribution in [3.8, 4) is 0 Å². The molecule has 2 saturated heterocycles. The molecule has 2 rings (SSSR count). The first-order valence-corrected chi connectivity index (χ1v) is 7.96. The van der Waals surface area contributed by atoms with Gasteiger partial charge in [-0.3, -0.25) is 9.79 Å². The number of guanidine groups is 1. The molecule has 7 heteroatoms. The van der Waals surface area contributed by atoms with Crippen molar-refractivity contribution < 1.29 is 9.53 Å². The average Bonchev–Trinajstić information content (AvgIpc) is 2.90. The zero-order valence-electron chi connectivity index (χ0n) is 13.9. The van der Waals surface area contributed by atoms with Crippen molar-refractivity contribution in [2.75, 3.05) is 39.4 Å². The zero-order valence-corrected chi connectivity index (χ0v) is 16.2. The second kappa shape index (κ2) is 8.90. The van der Waals surface area contributed by atoms with Gasteiger partial charge in [0.1, 0.15) is 0 Å². The molecule has 0 spiro atoms. The Hall–Kier alpha value is -0.570. The minimum Gasteiger partial charge on any atom is -0.380 e. The summed E-state index contributed by atoms with van der Waals surface area (Å²) >= 11 is 0. The molecule has 2 N–H and O–H groups in total. The number of carbonyl (C=O) groups is 1. The lowest BCUT2D eigenvalue weighted by Crippen LogP contribution is -2.47. The first-order valence-electron chi connectivity index (χ1n) is 7.96. The molecule has 1 unspecified atom stereocenters. The number of nitrogens with zero attached hydrogens (tertiary/aromatic N) is 2. The molecule has 6 nitrogen and oxygen atoms in total. The highest BCUT2D eigenvalue weighted by Crippen LogP contribution is 2.26. The van der Waals surface area contributed by atoms with Crippen LogP contribution in [0.5, 0.6) is 0 Å². The molecule has 0 saturated carbocycles. The number of halogens is 1. The number of ether oxygens (including phenoxy) is 1. The quantitative estimate of drug-likeness (QED) is 0.396. The van der Waals surface area contributed by atoms with Gasteiger partial charge in [-0.25, -0.2) is 0 Å². The SMILES string of the molecule is CCNC(=NCC1(C)COC1)NC1CCN(C(=O)CC)C1.I. The fraction of sp³-hybridized carbons (Fsp3) is 0.867. The van der Waals surface area contributed by atoms with Crippen LogP contribution in [0.2, 0.25) is 0 Å². The Morgan fingerprint density at radius 1 is 1.41 bits per heavy atom. The third-order valence-electron chi connectivity index (χ3n) is 4.05. The first kappa shape index (κ1) is 19.5. The number of hydrogen-bond acceptors (Lipinski definition) is 3. The van der Waals surface area contributed by atoms with Gasteiger partial charge in [0, 0.05) is 37.5 Å². The Bertz CT molecular complexity index is 399. The van der Waals surface area contributed by atoms with Crippen molar-refractivity contribution in [2.24, 2.45) is 10.4 Å². The van der Waals surface area contributed by atoms with E-state index >= 15 is 0 Å². The van der Waals surface area contributed by atoms with Gasteiger partial charge in [-0.1, -0.05) is 13.8 Å². The largest absolute Gasteiger partial charge is 0.380 e. The van der Waals surface area contributed by atoms with Crippen LogP contribution in [0.25, 0.3) is 0 Å². The van der Waals surface area contributed by atoms with E-state index in [4.69, 9.17) is 4.74 Å². The number of likely N-dealkylation sites (tertiary alicyclic amines) is 1. The monoisotopic (exact) mass is 424 g/mol. The van der Waals surface area contributed by atoms with Crippen LogP contribution in [0.15, 0.2) is 4.99 Å². The van der Waals surface area contributed by atoms with E-state index in [2.05, 4.69) is 29.5 Å². The van der Waals surface area contributed by atoms with Gasteiger partial charge in [0.05, 0.1) is 19.8 Å². The van der Waals surface area contributed by atoms with Crippen LogP contribution in [0, 0.1) is 5.41 Å². The Balaban J connectivity index is 0.00000242. The predicted molar refractivity (Wildman–Crippen MR) is 98.7 cm³/mol. The molecular weight excluding hydrogens is 395 g/mol. The third kappa shape index (κ3) is 5.26. The van der Waals surface area contributed by atoms with Crippen molar-refractivity contribution in [1.29, 1.82) is 0 Å². The maximum Gasteiger partial charge on any atom is 0.222 e. The van der Waals surface area contributed by atoms with E-state index < -0.39 is 0 Å². The van der Waals surface area contributed by atoms with Crippen LogP contribution in [0.3, 0.4) is 0 Å². The topological polar surface area (TPSA) is 66.0 Å². The molecule has 2 aliphatic heterocycles. The predicted octanol–water partition coefficient (Wildman–Crippen LogP) is 1.21. The molecule has 0 aliphatic carbocycles. The Morgan fingerprint density at radius 3 is 2.68 bits per heavy atom. The summed E-state index contributed by atoms with van der Waals surface area (Å²) in [4.78, 5) is 18.3. The number of hydrogen-bond donors (Lipinski definition) is 2. The van der Waals surface area contributed by atoms with Crippen LogP contribution in [-0.4, -0.2) is 62.2 Å². The lowest BCUT2D eigenvalue weighted by molar-refractivity contribution is -0.129. The summed E-state index contributed by atoms with van der Waals surface area (Å²) in [5, 5.41) is 6.73. The van der Waals surface area contributed by atoms with Crippen LogP contribution in [-0.2, 0) is 9.53 Å². The van der Waals surface area contributed by atoms with Crippen molar-refractivity contribution in [3.63, 3.8) is 0 Å². The maximum atomic E-state index is 11.7. The molecule has 1 atom stereocenters. The second-order valence-electron chi connectivity index (χ2n) is 6.32. The van der Waals surface area contributed by atoms with E-state index in [0.29, 0.717) is 12.5 Å². The molecule has 2 fully saturated rings. The van der Waals surface area contributed by atoms with Gasteiger partial charge in [-0.15, -0.1) is 24.0 Å². The maximum absolute atomic E-state index is 11.7. The molecule has 0 aromatic carbocycles. The Labute approximate surface area is 150 Å². The standard InChI is InChI=1S/C15H28N4O2.HI/c1-4-13(20)19-7-6-12(8-19)18-14(16-5-2)17-9-15(3)10-21-11-15;/h12H,4-11H2,1-3H3,(H2,16,17,18);1H. The summed E-state index contributed by atoms with van der Waals surface area (Å²) in [7, 11) is 0. The number of nitrogens with one attached hydrogen (secondary N) is 2. The Morgan fingerprint density at radius 2 is 2.14 bits per heavy atom. The van der Waals surface area contributed by atoms with Gasteiger partial charge >= 0.3 is 0 Å². The van der Waals surface area contributed by atoms with Crippen molar-refractivity contribution in [1.82, 2.24) is 15.5 Å². The molecule has 1 amide bonds. The van der Waals surface area contributed by atoms with E-state index in [1.807, 2.05) is 11.8 Å². The fourth-order valence-electron chi connectivity index (χ4n) is 2.65. The summed E-state index contributed by atoms with van der Waals surface area (Å²) < 4.78 is 5.26. The van der Waals surface area contributed by atoms with E-state index in [1.54, 1.807) is 0 Å². The zero-order chi connectivity index (χ0) is 15.3. The highest BCUT2D eigenvalue weighted by molar-refractivity contribution is 14.0. The van der Waals surface area contributed by atoms with Gasteiger partial charge in [0.25, 0.3) is 0 Å². The number of amides is 1. The molecule has 22 heavy (non-hydrogen) atoms. The Kier molecular flexibility index (Phi) is 7.88. The van der Waals surface area contributed by atoms with Crippen LogP contribution in [0.4, 0.5) is 0 Å². The van der Waals surface area contributed by atoms with Gasteiger partial charge in [0.2, 0.25) is 5.91 Å².